The first-order valence-corrected chi connectivity index (χ1v) is 8.36. The standard InChI is InChI=1S/C20H23N3O2/c1-15-4-7-17-13-21-23(19(17)12-15)11-10-20(24)22(2)14-16-5-8-18(25-3)9-6-16/h4-9,12-13H,10-11,14H2,1-3H3. The highest BCUT2D eigenvalue weighted by atomic mass is 16.5. The van der Waals surface area contributed by atoms with Crippen molar-refractivity contribution in [1.29, 1.82) is 0 Å². The molecule has 1 aromatic heterocycles. The number of hydrogen-bond acceptors (Lipinski definition) is 3. The number of ether oxygens (including phenoxy) is 1. The molecule has 0 aliphatic heterocycles. The predicted molar refractivity (Wildman–Crippen MR) is 98.6 cm³/mol. The monoisotopic (exact) mass is 337 g/mol. The highest BCUT2D eigenvalue weighted by Gasteiger charge is 2.11. The Morgan fingerprint density at radius 2 is 1.96 bits per heavy atom. The van der Waals surface area contributed by atoms with Crippen LogP contribution in [0.25, 0.3) is 10.9 Å². The lowest BCUT2D eigenvalue weighted by Crippen LogP contribution is -2.27. The second kappa shape index (κ2) is 7.38. The Bertz CT molecular complexity index is 868. The summed E-state index contributed by atoms with van der Waals surface area (Å²) in [7, 11) is 3.48. The summed E-state index contributed by atoms with van der Waals surface area (Å²) in [6.45, 7) is 3.23. The van der Waals surface area contributed by atoms with Crippen molar-refractivity contribution in [3.63, 3.8) is 0 Å². The number of rotatable bonds is 6. The quantitative estimate of drug-likeness (QED) is 0.692. The minimum absolute atomic E-state index is 0.104. The van der Waals surface area contributed by atoms with Gasteiger partial charge in [-0.3, -0.25) is 9.48 Å². The van der Waals surface area contributed by atoms with Crippen molar-refractivity contribution in [1.82, 2.24) is 14.7 Å². The number of fused-ring (bicyclic) bond motifs is 1. The molecule has 0 saturated heterocycles. The van der Waals surface area contributed by atoms with Crippen molar-refractivity contribution in [2.45, 2.75) is 26.4 Å². The smallest absolute Gasteiger partial charge is 0.224 e. The van der Waals surface area contributed by atoms with E-state index in [0.717, 1.165) is 22.2 Å². The molecule has 3 aromatic rings. The van der Waals surface area contributed by atoms with Gasteiger partial charge in [0.25, 0.3) is 0 Å². The molecule has 5 nitrogen and oxygen atoms in total. The molecule has 2 aromatic carbocycles. The molecule has 0 spiro atoms. The summed E-state index contributed by atoms with van der Waals surface area (Å²) in [4.78, 5) is 14.2. The average Bonchev–Trinajstić information content (AvgIpc) is 3.02. The van der Waals surface area contributed by atoms with Crippen molar-refractivity contribution in [2.75, 3.05) is 14.2 Å². The fraction of sp³-hybridized carbons (Fsp3) is 0.300. The number of amides is 1. The first-order chi connectivity index (χ1) is 12.1. The van der Waals surface area contributed by atoms with E-state index in [2.05, 4.69) is 30.2 Å². The van der Waals surface area contributed by atoms with Gasteiger partial charge in [0, 0.05) is 25.4 Å². The molecule has 0 aliphatic carbocycles. The van der Waals surface area contributed by atoms with Gasteiger partial charge in [-0.25, -0.2) is 0 Å². The highest BCUT2D eigenvalue weighted by molar-refractivity contribution is 5.80. The summed E-state index contributed by atoms with van der Waals surface area (Å²) in [6, 6.07) is 14.0. The molecule has 0 saturated carbocycles. The Morgan fingerprint density at radius 3 is 2.68 bits per heavy atom. The fourth-order valence-corrected chi connectivity index (χ4v) is 2.84. The zero-order valence-corrected chi connectivity index (χ0v) is 14.9. The van der Waals surface area contributed by atoms with Gasteiger partial charge >= 0.3 is 0 Å². The minimum atomic E-state index is 0.104. The molecule has 0 radical (unpaired) electrons. The minimum Gasteiger partial charge on any atom is -0.497 e. The summed E-state index contributed by atoms with van der Waals surface area (Å²) in [5, 5.41) is 5.50. The van der Waals surface area contributed by atoms with Crippen molar-refractivity contribution < 1.29 is 9.53 Å². The number of methoxy groups -OCH3 is 1. The lowest BCUT2D eigenvalue weighted by Gasteiger charge is -2.17. The molecular weight excluding hydrogens is 314 g/mol. The van der Waals surface area contributed by atoms with Crippen LogP contribution in [0.2, 0.25) is 0 Å². The van der Waals surface area contributed by atoms with Crippen LogP contribution in [0, 0.1) is 6.92 Å². The van der Waals surface area contributed by atoms with E-state index >= 15 is 0 Å². The third-order valence-electron chi connectivity index (χ3n) is 4.34. The largest absolute Gasteiger partial charge is 0.497 e. The number of aromatic nitrogens is 2. The molecule has 1 amide bonds. The van der Waals surface area contributed by atoms with Gasteiger partial charge in [-0.2, -0.15) is 5.10 Å². The van der Waals surface area contributed by atoms with Gasteiger partial charge in [0.1, 0.15) is 5.75 Å². The third kappa shape index (κ3) is 3.99. The SMILES string of the molecule is COc1ccc(CN(C)C(=O)CCn2ncc3ccc(C)cc32)cc1. The summed E-state index contributed by atoms with van der Waals surface area (Å²) < 4.78 is 7.06. The second-order valence-electron chi connectivity index (χ2n) is 6.28. The van der Waals surface area contributed by atoms with Gasteiger partial charge in [0.15, 0.2) is 0 Å². The number of carbonyl (C=O) groups excluding carboxylic acids is 1. The topological polar surface area (TPSA) is 47.4 Å². The van der Waals surface area contributed by atoms with Crippen LogP contribution < -0.4 is 4.74 Å². The maximum atomic E-state index is 12.4. The molecule has 0 aliphatic rings. The van der Waals surface area contributed by atoms with Crippen LogP contribution in [0.15, 0.2) is 48.7 Å². The van der Waals surface area contributed by atoms with Crippen LogP contribution >= 0.6 is 0 Å². The van der Waals surface area contributed by atoms with Gasteiger partial charge in [-0.05, 0) is 36.2 Å². The van der Waals surface area contributed by atoms with E-state index in [1.165, 1.54) is 5.56 Å². The van der Waals surface area contributed by atoms with Crippen LogP contribution in [0.4, 0.5) is 0 Å². The molecule has 0 fully saturated rings. The maximum Gasteiger partial charge on any atom is 0.224 e. The van der Waals surface area contributed by atoms with Gasteiger partial charge in [-0.15, -0.1) is 0 Å². The number of carbonyl (C=O) groups is 1. The van der Waals surface area contributed by atoms with Gasteiger partial charge in [0.2, 0.25) is 5.91 Å². The summed E-state index contributed by atoms with van der Waals surface area (Å²) >= 11 is 0. The van der Waals surface area contributed by atoms with Gasteiger partial charge < -0.3 is 9.64 Å². The van der Waals surface area contributed by atoms with Gasteiger partial charge in [-0.1, -0.05) is 24.3 Å². The Kier molecular flexibility index (Phi) is 5.03. The normalized spacial score (nSPS) is 10.8. The average molecular weight is 337 g/mol. The van der Waals surface area contributed by atoms with Crippen LogP contribution in [0.5, 0.6) is 5.75 Å². The van der Waals surface area contributed by atoms with Crippen LogP contribution in [0.3, 0.4) is 0 Å². The lowest BCUT2D eigenvalue weighted by atomic mass is 10.2. The Balaban J connectivity index is 1.60. The third-order valence-corrected chi connectivity index (χ3v) is 4.34. The first-order valence-electron chi connectivity index (χ1n) is 8.36. The number of hydrogen-bond donors (Lipinski definition) is 0. The molecular formula is C20H23N3O2. The summed E-state index contributed by atoms with van der Waals surface area (Å²) in [5.74, 6) is 0.922. The molecule has 0 atom stereocenters. The van der Waals surface area contributed by atoms with E-state index in [4.69, 9.17) is 4.74 Å². The molecule has 5 heteroatoms. The summed E-state index contributed by atoms with van der Waals surface area (Å²) in [6.07, 6.45) is 2.28. The van der Waals surface area contributed by atoms with Crippen molar-refractivity contribution in [3.8, 4) is 5.75 Å². The van der Waals surface area contributed by atoms with E-state index < -0.39 is 0 Å². The van der Waals surface area contributed by atoms with Gasteiger partial charge in [0.05, 0.1) is 25.4 Å². The molecule has 0 N–H and O–H groups in total. The second-order valence-corrected chi connectivity index (χ2v) is 6.28. The predicted octanol–water partition coefficient (Wildman–Crippen LogP) is 3.40. The number of benzene rings is 2. The van der Waals surface area contributed by atoms with Crippen LogP contribution in [-0.2, 0) is 17.9 Å². The molecule has 25 heavy (non-hydrogen) atoms. The molecule has 0 unspecified atom stereocenters. The van der Waals surface area contributed by atoms with Crippen molar-refractivity contribution in [3.05, 3.63) is 59.8 Å². The number of nitrogens with zero attached hydrogens (tertiary/aromatic N) is 3. The number of aryl methyl sites for hydroxylation is 2. The molecule has 1 heterocycles. The maximum absolute atomic E-state index is 12.4. The zero-order valence-electron chi connectivity index (χ0n) is 14.9. The van der Waals surface area contributed by atoms with E-state index in [-0.39, 0.29) is 5.91 Å². The van der Waals surface area contributed by atoms with Crippen molar-refractivity contribution in [2.24, 2.45) is 0 Å². The van der Waals surface area contributed by atoms with E-state index in [1.807, 2.05) is 42.2 Å². The zero-order chi connectivity index (χ0) is 17.8. The fourth-order valence-electron chi connectivity index (χ4n) is 2.84. The van der Waals surface area contributed by atoms with Crippen LogP contribution in [0.1, 0.15) is 17.5 Å². The van der Waals surface area contributed by atoms with Crippen LogP contribution in [-0.4, -0.2) is 34.7 Å². The summed E-state index contributed by atoms with van der Waals surface area (Å²) in [5.41, 5.74) is 3.35. The molecule has 130 valence electrons. The molecule has 0 bridgehead atoms. The Hall–Kier alpha value is -2.82. The highest BCUT2D eigenvalue weighted by Crippen LogP contribution is 2.16. The van der Waals surface area contributed by atoms with E-state index in [1.54, 1.807) is 12.0 Å². The lowest BCUT2D eigenvalue weighted by molar-refractivity contribution is -0.130. The Labute approximate surface area is 147 Å². The molecule has 3 rings (SSSR count). The first kappa shape index (κ1) is 17.0. The van der Waals surface area contributed by atoms with Crippen molar-refractivity contribution >= 4 is 16.8 Å². The Morgan fingerprint density at radius 1 is 1.20 bits per heavy atom. The van der Waals surface area contributed by atoms with E-state index in [9.17, 15) is 4.79 Å². The van der Waals surface area contributed by atoms with E-state index in [0.29, 0.717) is 19.5 Å².